The molecular weight excluding hydrogens is 403 g/mol. The number of aromatic nitrogens is 3. The molecule has 1 saturated heterocycles. The first-order valence-corrected chi connectivity index (χ1v) is 11.3. The Morgan fingerprint density at radius 2 is 1.66 bits per heavy atom. The third-order valence-corrected chi connectivity index (χ3v) is 5.97. The highest BCUT2D eigenvalue weighted by atomic mass is 19.1. The highest BCUT2D eigenvalue weighted by Crippen LogP contribution is 2.23. The number of hydrogen-bond donors (Lipinski definition) is 1. The van der Waals surface area contributed by atoms with Crippen LogP contribution in [0.3, 0.4) is 0 Å². The summed E-state index contributed by atoms with van der Waals surface area (Å²) in [6, 6.07) is 12.0. The van der Waals surface area contributed by atoms with Gasteiger partial charge >= 0.3 is 0 Å². The maximum absolute atomic E-state index is 14.4. The third kappa shape index (κ3) is 5.47. The standard InChI is InChI=1S/C25H31FN6/c1-4-31-11-13-32(14-12-31)17-19-5-10-23(27-15-19)29-25-22(26)16-28-24(30-25)21-8-6-20(7-9-21)18(2)3/h5-10,15-16,18H,4,11-14,17H2,1-3H3,(H,27,28,29,30). The fourth-order valence-corrected chi connectivity index (χ4v) is 3.85. The van der Waals surface area contributed by atoms with Gasteiger partial charge in [-0.3, -0.25) is 4.90 Å². The molecule has 1 aromatic carbocycles. The van der Waals surface area contributed by atoms with Gasteiger partial charge in [-0.05, 0) is 29.7 Å². The van der Waals surface area contributed by atoms with E-state index >= 15 is 0 Å². The van der Waals surface area contributed by atoms with Crippen LogP contribution in [0.5, 0.6) is 0 Å². The van der Waals surface area contributed by atoms with Crippen molar-refractivity contribution in [1.82, 2.24) is 24.8 Å². The van der Waals surface area contributed by atoms with Gasteiger partial charge in [-0.15, -0.1) is 0 Å². The van der Waals surface area contributed by atoms with Crippen molar-refractivity contribution in [2.75, 3.05) is 38.0 Å². The number of pyridine rings is 1. The molecule has 0 spiro atoms. The number of hydrogen-bond acceptors (Lipinski definition) is 6. The van der Waals surface area contributed by atoms with Crippen LogP contribution >= 0.6 is 0 Å². The SMILES string of the molecule is CCN1CCN(Cc2ccc(Nc3nc(-c4ccc(C(C)C)cc4)ncc3F)nc2)CC1. The Morgan fingerprint density at radius 1 is 0.938 bits per heavy atom. The van der Waals surface area contributed by atoms with Gasteiger partial charge < -0.3 is 10.2 Å². The molecular formula is C25H31FN6. The van der Waals surface area contributed by atoms with E-state index in [9.17, 15) is 4.39 Å². The van der Waals surface area contributed by atoms with E-state index in [0.717, 1.165) is 50.4 Å². The predicted molar refractivity (Wildman–Crippen MR) is 126 cm³/mol. The maximum Gasteiger partial charge on any atom is 0.184 e. The molecule has 6 nitrogen and oxygen atoms in total. The van der Waals surface area contributed by atoms with Gasteiger partial charge in [0.2, 0.25) is 0 Å². The third-order valence-electron chi connectivity index (χ3n) is 5.97. The lowest BCUT2D eigenvalue weighted by Crippen LogP contribution is -2.45. The van der Waals surface area contributed by atoms with Gasteiger partial charge in [-0.1, -0.05) is 51.1 Å². The summed E-state index contributed by atoms with van der Waals surface area (Å²) in [5.74, 6) is 1.10. The van der Waals surface area contributed by atoms with Crippen LogP contribution in [0.4, 0.5) is 16.0 Å². The van der Waals surface area contributed by atoms with Crippen molar-refractivity contribution in [2.24, 2.45) is 0 Å². The van der Waals surface area contributed by atoms with E-state index in [4.69, 9.17) is 0 Å². The molecule has 3 aromatic rings. The quantitative estimate of drug-likeness (QED) is 0.583. The normalized spacial score (nSPS) is 15.3. The molecule has 0 atom stereocenters. The number of piperazine rings is 1. The molecule has 0 saturated carbocycles. The summed E-state index contributed by atoms with van der Waals surface area (Å²) in [6.07, 6.45) is 3.05. The maximum atomic E-state index is 14.4. The van der Waals surface area contributed by atoms with Crippen LogP contribution in [0, 0.1) is 5.82 Å². The number of rotatable bonds is 7. The van der Waals surface area contributed by atoms with Gasteiger partial charge in [0.25, 0.3) is 0 Å². The zero-order valence-electron chi connectivity index (χ0n) is 19.1. The van der Waals surface area contributed by atoms with Gasteiger partial charge in [0.05, 0.1) is 6.20 Å². The molecule has 1 aliphatic rings. The van der Waals surface area contributed by atoms with E-state index < -0.39 is 5.82 Å². The molecule has 4 rings (SSSR count). The summed E-state index contributed by atoms with van der Waals surface area (Å²) in [6.45, 7) is 12.9. The fraction of sp³-hybridized carbons (Fsp3) is 0.400. The molecule has 0 unspecified atom stereocenters. The number of likely N-dealkylation sites (N-methyl/N-ethyl adjacent to an activating group) is 1. The van der Waals surface area contributed by atoms with Crippen molar-refractivity contribution >= 4 is 11.6 Å². The second kappa shape index (κ2) is 10.1. The van der Waals surface area contributed by atoms with Crippen molar-refractivity contribution in [3.8, 4) is 11.4 Å². The molecule has 168 valence electrons. The summed E-state index contributed by atoms with van der Waals surface area (Å²) in [7, 11) is 0. The Bertz CT molecular complexity index is 1010. The minimum absolute atomic E-state index is 0.124. The van der Waals surface area contributed by atoms with Crippen molar-refractivity contribution < 1.29 is 4.39 Å². The average Bonchev–Trinajstić information content (AvgIpc) is 2.82. The first-order valence-electron chi connectivity index (χ1n) is 11.3. The molecule has 0 amide bonds. The molecule has 0 radical (unpaired) electrons. The summed E-state index contributed by atoms with van der Waals surface area (Å²) < 4.78 is 14.4. The predicted octanol–water partition coefficient (Wildman–Crippen LogP) is 4.68. The van der Waals surface area contributed by atoms with E-state index in [0.29, 0.717) is 17.6 Å². The minimum atomic E-state index is -0.507. The lowest BCUT2D eigenvalue weighted by atomic mass is 10.0. The largest absolute Gasteiger partial charge is 0.322 e. The fourth-order valence-electron chi connectivity index (χ4n) is 3.85. The van der Waals surface area contributed by atoms with Crippen molar-refractivity contribution in [1.29, 1.82) is 0 Å². The lowest BCUT2D eigenvalue weighted by molar-refractivity contribution is 0.132. The van der Waals surface area contributed by atoms with E-state index in [1.54, 1.807) is 0 Å². The highest BCUT2D eigenvalue weighted by Gasteiger charge is 2.16. The van der Waals surface area contributed by atoms with Crippen LogP contribution < -0.4 is 5.32 Å². The molecule has 32 heavy (non-hydrogen) atoms. The first kappa shape index (κ1) is 22.3. The number of nitrogens with one attached hydrogen (secondary N) is 1. The molecule has 2 aromatic heterocycles. The second-order valence-corrected chi connectivity index (χ2v) is 8.55. The van der Waals surface area contributed by atoms with Crippen LogP contribution in [0.15, 0.2) is 48.8 Å². The number of nitrogens with zero attached hydrogens (tertiary/aromatic N) is 5. The van der Waals surface area contributed by atoms with Gasteiger partial charge in [0, 0.05) is 44.5 Å². The van der Waals surface area contributed by atoms with Gasteiger partial charge in [-0.2, -0.15) is 0 Å². The highest BCUT2D eigenvalue weighted by molar-refractivity contribution is 5.60. The van der Waals surface area contributed by atoms with Crippen LogP contribution in [-0.4, -0.2) is 57.5 Å². The van der Waals surface area contributed by atoms with Crippen LogP contribution in [0.2, 0.25) is 0 Å². The minimum Gasteiger partial charge on any atom is -0.322 e. The number of anilines is 2. The monoisotopic (exact) mass is 434 g/mol. The summed E-state index contributed by atoms with van der Waals surface area (Å²) in [5, 5.41) is 3.00. The Hall–Kier alpha value is -2.90. The van der Waals surface area contributed by atoms with E-state index in [1.807, 2.05) is 30.5 Å². The average molecular weight is 435 g/mol. The topological polar surface area (TPSA) is 57.2 Å². The number of halogens is 1. The molecule has 0 aliphatic carbocycles. The van der Waals surface area contributed by atoms with E-state index in [-0.39, 0.29) is 5.82 Å². The smallest absolute Gasteiger partial charge is 0.184 e. The zero-order valence-corrected chi connectivity index (χ0v) is 19.1. The lowest BCUT2D eigenvalue weighted by Gasteiger charge is -2.33. The molecule has 1 fully saturated rings. The van der Waals surface area contributed by atoms with Gasteiger partial charge in [-0.25, -0.2) is 19.3 Å². The molecule has 1 N–H and O–H groups in total. The Balaban J connectivity index is 1.42. The van der Waals surface area contributed by atoms with Gasteiger partial charge in [0.1, 0.15) is 5.82 Å². The summed E-state index contributed by atoms with van der Waals surface area (Å²) in [5.41, 5.74) is 3.24. The number of benzene rings is 1. The van der Waals surface area contributed by atoms with Crippen molar-refractivity contribution in [2.45, 2.75) is 33.2 Å². The van der Waals surface area contributed by atoms with Crippen LogP contribution in [0.1, 0.15) is 37.8 Å². The van der Waals surface area contributed by atoms with Crippen LogP contribution in [-0.2, 0) is 6.54 Å². The Morgan fingerprint density at radius 3 is 2.28 bits per heavy atom. The van der Waals surface area contributed by atoms with E-state index in [1.165, 1.54) is 11.8 Å². The molecule has 3 heterocycles. The Kier molecular flexibility index (Phi) is 7.07. The van der Waals surface area contributed by atoms with Crippen molar-refractivity contribution in [3.05, 3.63) is 65.7 Å². The van der Waals surface area contributed by atoms with Gasteiger partial charge in [0.15, 0.2) is 17.5 Å². The molecule has 0 bridgehead atoms. The summed E-state index contributed by atoms with van der Waals surface area (Å²) in [4.78, 5) is 17.9. The first-order chi connectivity index (χ1) is 15.5. The Labute approximate surface area is 189 Å². The van der Waals surface area contributed by atoms with Crippen LogP contribution in [0.25, 0.3) is 11.4 Å². The van der Waals surface area contributed by atoms with Crippen molar-refractivity contribution in [3.63, 3.8) is 0 Å². The zero-order chi connectivity index (χ0) is 22.5. The van der Waals surface area contributed by atoms with E-state index in [2.05, 4.69) is 63.0 Å². The molecule has 7 heteroatoms. The molecule has 1 aliphatic heterocycles. The summed E-state index contributed by atoms with van der Waals surface area (Å²) >= 11 is 0. The second-order valence-electron chi connectivity index (χ2n) is 8.55.